The van der Waals surface area contributed by atoms with Crippen LogP contribution in [0, 0.1) is 0 Å². The van der Waals surface area contributed by atoms with Crippen molar-refractivity contribution in [2.45, 2.75) is 6.42 Å². The molecule has 66 valence electrons. The number of likely N-dealkylation sites (N-methyl/N-ethyl adjacent to an activating group) is 1. The minimum atomic E-state index is -0.200. The number of nitrogens with one attached hydrogen (secondary N) is 2. The molecule has 0 saturated carbocycles. The summed E-state index contributed by atoms with van der Waals surface area (Å²) in [6.45, 7) is 0.770. The van der Waals surface area contributed by atoms with E-state index < -0.39 is 0 Å². The van der Waals surface area contributed by atoms with Gasteiger partial charge in [0, 0.05) is 19.0 Å². The second-order valence-electron chi connectivity index (χ2n) is 2.47. The molecule has 5 heteroatoms. The zero-order valence-electron chi connectivity index (χ0n) is 6.92. The van der Waals surface area contributed by atoms with E-state index in [-0.39, 0.29) is 11.4 Å². The second-order valence-corrected chi connectivity index (χ2v) is 2.47. The molecule has 0 spiro atoms. The van der Waals surface area contributed by atoms with Crippen LogP contribution in [0.3, 0.4) is 0 Å². The van der Waals surface area contributed by atoms with Gasteiger partial charge in [0.05, 0.1) is 0 Å². The van der Waals surface area contributed by atoms with Crippen molar-refractivity contribution in [1.29, 1.82) is 0 Å². The fraction of sp³-hybridized carbons (Fsp3) is 0.429. The lowest BCUT2D eigenvalue weighted by molar-refractivity contribution is 0.753. The minimum absolute atomic E-state index is 0.200. The van der Waals surface area contributed by atoms with E-state index in [1.807, 2.05) is 7.05 Å². The number of nitrogens with two attached hydrogens (primary N) is 1. The maximum absolute atomic E-state index is 10.9. The molecule has 1 rings (SSSR count). The van der Waals surface area contributed by atoms with Crippen LogP contribution in [0.15, 0.2) is 10.9 Å². The average molecular weight is 168 g/mol. The van der Waals surface area contributed by atoms with E-state index in [0.717, 1.165) is 6.54 Å². The maximum atomic E-state index is 10.9. The van der Waals surface area contributed by atoms with Crippen molar-refractivity contribution >= 4 is 5.82 Å². The first-order valence-electron chi connectivity index (χ1n) is 3.72. The Labute approximate surface area is 70.0 Å². The number of H-pyrrole nitrogens is 1. The monoisotopic (exact) mass is 168 g/mol. The Morgan fingerprint density at radius 2 is 2.50 bits per heavy atom. The van der Waals surface area contributed by atoms with Crippen molar-refractivity contribution in [3.63, 3.8) is 0 Å². The highest BCUT2D eigenvalue weighted by molar-refractivity contribution is 5.25. The van der Waals surface area contributed by atoms with E-state index in [1.165, 1.54) is 6.07 Å². The van der Waals surface area contributed by atoms with Gasteiger partial charge < -0.3 is 16.0 Å². The predicted octanol–water partition coefficient (Wildman–Crippen LogP) is -0.886. The van der Waals surface area contributed by atoms with E-state index in [9.17, 15) is 4.79 Å². The molecule has 0 radical (unpaired) electrons. The van der Waals surface area contributed by atoms with Gasteiger partial charge in [-0.25, -0.2) is 4.98 Å². The fourth-order valence-electron chi connectivity index (χ4n) is 0.890. The average Bonchev–Trinajstić information content (AvgIpc) is 1.99. The standard InChI is InChI=1S/C7H12N4O/c1-9-3-2-6-10-5(8)4-7(12)11-6/h4,9H,2-3H2,1H3,(H3,8,10,11,12). The van der Waals surface area contributed by atoms with E-state index in [0.29, 0.717) is 12.2 Å². The highest BCUT2D eigenvalue weighted by Crippen LogP contribution is 1.91. The summed E-state index contributed by atoms with van der Waals surface area (Å²) >= 11 is 0. The number of anilines is 1. The number of hydrogen-bond donors (Lipinski definition) is 3. The van der Waals surface area contributed by atoms with Gasteiger partial charge in [0.25, 0.3) is 5.56 Å². The number of nitrogens with zero attached hydrogens (tertiary/aromatic N) is 1. The molecule has 0 atom stereocenters. The summed E-state index contributed by atoms with van der Waals surface area (Å²) in [5.74, 6) is 0.888. The summed E-state index contributed by atoms with van der Waals surface area (Å²) in [6.07, 6.45) is 0.677. The van der Waals surface area contributed by atoms with Crippen LogP contribution in [0.1, 0.15) is 5.82 Å². The highest BCUT2D eigenvalue weighted by atomic mass is 16.1. The van der Waals surface area contributed by atoms with Crippen LogP contribution in [-0.2, 0) is 6.42 Å². The Bertz CT molecular complexity index is 307. The van der Waals surface area contributed by atoms with Crippen molar-refractivity contribution in [2.75, 3.05) is 19.3 Å². The molecule has 1 aromatic rings. The molecule has 1 aromatic heterocycles. The maximum Gasteiger partial charge on any atom is 0.252 e. The Morgan fingerprint density at radius 1 is 1.75 bits per heavy atom. The third-order valence-corrected chi connectivity index (χ3v) is 1.42. The molecule has 0 aromatic carbocycles. The molecular weight excluding hydrogens is 156 g/mol. The zero-order chi connectivity index (χ0) is 8.97. The predicted molar refractivity (Wildman–Crippen MR) is 46.9 cm³/mol. The topological polar surface area (TPSA) is 83.8 Å². The Balaban J connectivity index is 2.79. The van der Waals surface area contributed by atoms with E-state index in [4.69, 9.17) is 5.73 Å². The summed E-state index contributed by atoms with van der Waals surface area (Å²) in [4.78, 5) is 17.4. The Kier molecular flexibility index (Phi) is 2.82. The lowest BCUT2D eigenvalue weighted by atomic mass is 10.4. The van der Waals surface area contributed by atoms with Crippen LogP contribution in [0.25, 0.3) is 0 Å². The van der Waals surface area contributed by atoms with Crippen molar-refractivity contribution in [3.05, 3.63) is 22.2 Å². The van der Waals surface area contributed by atoms with Crippen LogP contribution in [-0.4, -0.2) is 23.6 Å². The van der Waals surface area contributed by atoms with Gasteiger partial charge in [-0.2, -0.15) is 0 Å². The fourth-order valence-corrected chi connectivity index (χ4v) is 0.890. The van der Waals surface area contributed by atoms with Gasteiger partial charge in [-0.1, -0.05) is 0 Å². The summed E-state index contributed by atoms with van der Waals surface area (Å²) in [7, 11) is 1.84. The van der Waals surface area contributed by atoms with Crippen LogP contribution >= 0.6 is 0 Å². The molecule has 0 saturated heterocycles. The van der Waals surface area contributed by atoms with Gasteiger partial charge in [-0.05, 0) is 7.05 Å². The van der Waals surface area contributed by atoms with Crippen molar-refractivity contribution < 1.29 is 0 Å². The quantitative estimate of drug-likeness (QED) is 0.547. The molecule has 0 unspecified atom stereocenters. The third-order valence-electron chi connectivity index (χ3n) is 1.42. The zero-order valence-corrected chi connectivity index (χ0v) is 6.92. The minimum Gasteiger partial charge on any atom is -0.383 e. The van der Waals surface area contributed by atoms with Gasteiger partial charge in [0.15, 0.2) is 0 Å². The van der Waals surface area contributed by atoms with Crippen LogP contribution in [0.5, 0.6) is 0 Å². The molecule has 0 amide bonds. The molecule has 0 aliphatic carbocycles. The van der Waals surface area contributed by atoms with E-state index >= 15 is 0 Å². The Hall–Kier alpha value is -1.36. The summed E-state index contributed by atoms with van der Waals surface area (Å²) in [6, 6.07) is 1.27. The van der Waals surface area contributed by atoms with E-state index in [2.05, 4.69) is 15.3 Å². The lowest BCUT2D eigenvalue weighted by Gasteiger charge is -1.99. The summed E-state index contributed by atoms with van der Waals surface area (Å²) in [5.41, 5.74) is 5.18. The molecule has 4 N–H and O–H groups in total. The van der Waals surface area contributed by atoms with E-state index in [1.54, 1.807) is 0 Å². The van der Waals surface area contributed by atoms with Crippen LogP contribution in [0.4, 0.5) is 5.82 Å². The number of aromatic amines is 1. The lowest BCUT2D eigenvalue weighted by Crippen LogP contribution is -2.17. The molecular formula is C7H12N4O. The molecule has 1 heterocycles. The van der Waals surface area contributed by atoms with Crippen molar-refractivity contribution in [3.8, 4) is 0 Å². The van der Waals surface area contributed by atoms with Crippen LogP contribution in [0.2, 0.25) is 0 Å². The summed E-state index contributed by atoms with van der Waals surface area (Å²) < 4.78 is 0. The number of hydrogen-bond acceptors (Lipinski definition) is 4. The smallest absolute Gasteiger partial charge is 0.252 e. The molecule has 0 bridgehead atoms. The van der Waals surface area contributed by atoms with Crippen molar-refractivity contribution in [2.24, 2.45) is 0 Å². The molecule has 0 aliphatic rings. The molecule has 0 fully saturated rings. The number of rotatable bonds is 3. The molecule has 0 aliphatic heterocycles. The van der Waals surface area contributed by atoms with Gasteiger partial charge in [-0.15, -0.1) is 0 Å². The normalized spacial score (nSPS) is 10.1. The number of nitrogen functional groups attached to an aromatic ring is 1. The van der Waals surface area contributed by atoms with Gasteiger partial charge >= 0.3 is 0 Å². The Morgan fingerprint density at radius 3 is 3.08 bits per heavy atom. The first-order chi connectivity index (χ1) is 5.72. The largest absolute Gasteiger partial charge is 0.383 e. The van der Waals surface area contributed by atoms with Crippen LogP contribution < -0.4 is 16.6 Å². The van der Waals surface area contributed by atoms with Gasteiger partial charge in [-0.3, -0.25) is 4.79 Å². The highest BCUT2D eigenvalue weighted by Gasteiger charge is 1.96. The number of aromatic nitrogens is 2. The summed E-state index contributed by atoms with van der Waals surface area (Å²) in [5, 5.41) is 2.95. The van der Waals surface area contributed by atoms with Crippen molar-refractivity contribution in [1.82, 2.24) is 15.3 Å². The SMILES string of the molecule is CNCCc1nc(N)cc(=O)[nH]1. The van der Waals surface area contributed by atoms with Gasteiger partial charge in [0.1, 0.15) is 11.6 Å². The molecule has 5 nitrogen and oxygen atoms in total. The first-order valence-corrected chi connectivity index (χ1v) is 3.72. The second kappa shape index (κ2) is 3.87. The third kappa shape index (κ3) is 2.35. The first kappa shape index (κ1) is 8.73. The van der Waals surface area contributed by atoms with Gasteiger partial charge in [0.2, 0.25) is 0 Å². The molecule has 12 heavy (non-hydrogen) atoms.